The van der Waals surface area contributed by atoms with Gasteiger partial charge in [0.1, 0.15) is 12.4 Å². The van der Waals surface area contributed by atoms with E-state index >= 15 is 0 Å². The lowest BCUT2D eigenvalue weighted by atomic mass is 9.77. The highest BCUT2D eigenvalue weighted by atomic mass is 35.5. The van der Waals surface area contributed by atoms with E-state index in [1.807, 2.05) is 30.5 Å². The highest BCUT2D eigenvalue weighted by molar-refractivity contribution is 6.30. The van der Waals surface area contributed by atoms with Crippen molar-refractivity contribution in [3.8, 4) is 5.75 Å². The Morgan fingerprint density at radius 1 is 0.919 bits per heavy atom. The fourth-order valence-corrected chi connectivity index (χ4v) is 5.84. The van der Waals surface area contributed by atoms with Crippen LogP contribution in [0, 0.1) is 5.41 Å². The summed E-state index contributed by atoms with van der Waals surface area (Å²) in [5, 5.41) is 0.722. The second-order valence-electron chi connectivity index (χ2n) is 10.1. The van der Waals surface area contributed by atoms with Gasteiger partial charge in [-0.25, -0.2) is 0 Å². The Bertz CT molecular complexity index is 1170. The van der Waals surface area contributed by atoms with Gasteiger partial charge in [0, 0.05) is 24.3 Å². The molecule has 0 N–H and O–H groups in total. The first-order valence-electron chi connectivity index (χ1n) is 12.7. The van der Waals surface area contributed by atoms with Crippen molar-refractivity contribution < 1.29 is 17.9 Å². The normalized spacial score (nSPS) is 19.2. The average Bonchev–Trinajstić information content (AvgIpc) is 3.30. The number of piperidine rings is 1. The van der Waals surface area contributed by atoms with Crippen LogP contribution >= 0.6 is 11.6 Å². The Balaban J connectivity index is 1.18. The predicted molar refractivity (Wildman–Crippen MR) is 139 cm³/mol. The number of hydrogen-bond acceptors (Lipinski definition) is 4. The maximum Gasteiger partial charge on any atom is 0.419 e. The standard InChI is InChI=1S/C29H31ClF3N3O/c30-23-10-8-22(9-11-23)27(25-6-3-4-15-34-25)36-18-14-28(21-36)12-16-35(17-13-28)19-20-37-26-7-2-1-5-24(26)29(31,32)33/h1-11,15,27H,12-14,16-21H2. The summed E-state index contributed by atoms with van der Waals surface area (Å²) in [4.78, 5) is 9.53. The van der Waals surface area contributed by atoms with E-state index in [9.17, 15) is 13.2 Å². The van der Waals surface area contributed by atoms with E-state index in [1.54, 1.807) is 6.07 Å². The third-order valence-electron chi connectivity index (χ3n) is 7.76. The van der Waals surface area contributed by atoms with Crippen LogP contribution in [0.25, 0.3) is 0 Å². The van der Waals surface area contributed by atoms with Crippen molar-refractivity contribution in [2.75, 3.05) is 39.3 Å². The molecule has 1 aromatic heterocycles. The molecule has 2 aliphatic heterocycles. The Kier molecular flexibility index (Phi) is 7.75. The van der Waals surface area contributed by atoms with E-state index in [2.05, 4.69) is 33.0 Å². The minimum absolute atomic E-state index is 0.0815. The lowest BCUT2D eigenvalue weighted by molar-refractivity contribution is -0.139. The molecule has 2 aromatic carbocycles. The largest absolute Gasteiger partial charge is 0.492 e. The number of pyridine rings is 1. The number of benzene rings is 2. The van der Waals surface area contributed by atoms with E-state index in [-0.39, 0.29) is 23.8 Å². The summed E-state index contributed by atoms with van der Waals surface area (Å²) >= 11 is 6.16. The van der Waals surface area contributed by atoms with Gasteiger partial charge in [-0.05, 0) is 86.3 Å². The number of nitrogens with zero attached hydrogens (tertiary/aromatic N) is 3. The van der Waals surface area contributed by atoms with E-state index < -0.39 is 11.7 Å². The van der Waals surface area contributed by atoms with Crippen LogP contribution in [0.15, 0.2) is 72.9 Å². The fourth-order valence-electron chi connectivity index (χ4n) is 5.71. The lowest BCUT2D eigenvalue weighted by Gasteiger charge is -2.40. The van der Waals surface area contributed by atoms with E-state index in [0.717, 1.165) is 62.2 Å². The van der Waals surface area contributed by atoms with Gasteiger partial charge in [0.05, 0.1) is 17.3 Å². The molecule has 1 unspecified atom stereocenters. The number of halogens is 4. The summed E-state index contributed by atoms with van der Waals surface area (Å²) in [6, 6.07) is 19.6. The van der Waals surface area contributed by atoms with Crippen molar-refractivity contribution in [2.45, 2.75) is 31.5 Å². The van der Waals surface area contributed by atoms with Crippen LogP contribution < -0.4 is 4.74 Å². The number of hydrogen-bond donors (Lipinski definition) is 0. The number of rotatable bonds is 7. The zero-order valence-corrected chi connectivity index (χ0v) is 21.4. The molecular weight excluding hydrogens is 499 g/mol. The third kappa shape index (κ3) is 6.11. The van der Waals surface area contributed by atoms with Crippen LogP contribution in [-0.2, 0) is 6.18 Å². The van der Waals surface area contributed by atoms with Crippen molar-refractivity contribution in [2.24, 2.45) is 5.41 Å². The van der Waals surface area contributed by atoms with Gasteiger partial charge < -0.3 is 4.74 Å². The average molecular weight is 530 g/mol. The van der Waals surface area contributed by atoms with Gasteiger partial charge in [0.15, 0.2) is 0 Å². The molecule has 196 valence electrons. The van der Waals surface area contributed by atoms with Gasteiger partial charge in [-0.15, -0.1) is 0 Å². The predicted octanol–water partition coefficient (Wildman–Crippen LogP) is 6.71. The first kappa shape index (κ1) is 26.0. The van der Waals surface area contributed by atoms with Crippen molar-refractivity contribution in [3.05, 3.63) is 94.8 Å². The van der Waals surface area contributed by atoms with E-state index in [0.29, 0.717) is 6.54 Å². The van der Waals surface area contributed by atoms with Gasteiger partial charge in [0.25, 0.3) is 0 Å². The van der Waals surface area contributed by atoms with Crippen molar-refractivity contribution in [3.63, 3.8) is 0 Å². The summed E-state index contributed by atoms with van der Waals surface area (Å²) in [6.45, 7) is 4.71. The molecule has 37 heavy (non-hydrogen) atoms. The number of para-hydroxylation sites is 1. The maximum atomic E-state index is 13.2. The van der Waals surface area contributed by atoms with Crippen LogP contribution in [0.3, 0.4) is 0 Å². The second-order valence-corrected chi connectivity index (χ2v) is 10.5. The molecule has 0 saturated carbocycles. The smallest absolute Gasteiger partial charge is 0.419 e. The van der Waals surface area contributed by atoms with Crippen LogP contribution in [-0.4, -0.2) is 54.1 Å². The maximum absolute atomic E-state index is 13.2. The molecule has 2 fully saturated rings. The first-order chi connectivity index (χ1) is 17.8. The van der Waals surface area contributed by atoms with E-state index in [1.165, 1.54) is 17.7 Å². The minimum Gasteiger partial charge on any atom is -0.492 e. The van der Waals surface area contributed by atoms with Gasteiger partial charge in [-0.3, -0.25) is 14.8 Å². The van der Waals surface area contributed by atoms with Gasteiger partial charge >= 0.3 is 6.18 Å². The topological polar surface area (TPSA) is 28.6 Å². The molecule has 3 aromatic rings. The van der Waals surface area contributed by atoms with Crippen LogP contribution in [0.1, 0.15) is 42.1 Å². The lowest BCUT2D eigenvalue weighted by Crippen LogP contribution is -2.43. The first-order valence-corrected chi connectivity index (χ1v) is 13.1. The van der Waals surface area contributed by atoms with Crippen molar-refractivity contribution >= 4 is 11.6 Å². The third-order valence-corrected chi connectivity index (χ3v) is 8.01. The molecular formula is C29H31ClF3N3O. The highest BCUT2D eigenvalue weighted by Gasteiger charge is 2.43. The van der Waals surface area contributed by atoms with E-state index in [4.69, 9.17) is 16.3 Å². The van der Waals surface area contributed by atoms with Gasteiger partial charge in [-0.1, -0.05) is 41.9 Å². The van der Waals surface area contributed by atoms with Gasteiger partial charge in [-0.2, -0.15) is 13.2 Å². The summed E-state index contributed by atoms with van der Waals surface area (Å²) in [5.41, 5.74) is 1.76. The Hall–Kier alpha value is -2.61. The summed E-state index contributed by atoms with van der Waals surface area (Å²) in [6.07, 6.45) is 0.697. The molecule has 0 aliphatic carbocycles. The molecule has 2 aliphatic rings. The highest BCUT2D eigenvalue weighted by Crippen LogP contribution is 2.44. The number of ether oxygens (including phenoxy) is 1. The molecule has 0 amide bonds. The molecule has 1 atom stereocenters. The summed E-state index contributed by atoms with van der Waals surface area (Å²) in [5.74, 6) is -0.0994. The SMILES string of the molecule is FC(F)(F)c1ccccc1OCCN1CCC2(CC1)CCN(C(c1ccc(Cl)cc1)c1ccccn1)C2. The monoisotopic (exact) mass is 529 g/mol. The number of likely N-dealkylation sites (tertiary alicyclic amines) is 2. The van der Waals surface area contributed by atoms with Crippen LogP contribution in [0.4, 0.5) is 13.2 Å². The molecule has 0 radical (unpaired) electrons. The Morgan fingerprint density at radius 3 is 2.32 bits per heavy atom. The zero-order valence-electron chi connectivity index (χ0n) is 20.6. The van der Waals surface area contributed by atoms with Crippen LogP contribution in [0.2, 0.25) is 5.02 Å². The molecule has 5 rings (SSSR count). The minimum atomic E-state index is -4.42. The molecule has 1 spiro atoms. The summed E-state index contributed by atoms with van der Waals surface area (Å²) in [7, 11) is 0. The second kappa shape index (κ2) is 11.0. The quantitative estimate of drug-likeness (QED) is 0.340. The van der Waals surface area contributed by atoms with Gasteiger partial charge in [0.2, 0.25) is 0 Å². The molecule has 2 saturated heterocycles. The Labute approximate surface area is 221 Å². The molecule has 3 heterocycles. The number of alkyl halides is 3. The van der Waals surface area contributed by atoms with Crippen molar-refractivity contribution in [1.29, 1.82) is 0 Å². The Morgan fingerprint density at radius 2 is 1.62 bits per heavy atom. The number of aromatic nitrogens is 1. The van der Waals surface area contributed by atoms with Crippen LogP contribution in [0.5, 0.6) is 5.75 Å². The zero-order chi connectivity index (χ0) is 25.9. The molecule has 4 nitrogen and oxygen atoms in total. The summed E-state index contributed by atoms with van der Waals surface area (Å²) < 4.78 is 45.2. The molecule has 8 heteroatoms. The fraction of sp³-hybridized carbons (Fsp3) is 0.414. The van der Waals surface area contributed by atoms with Crippen molar-refractivity contribution in [1.82, 2.24) is 14.8 Å². The molecule has 0 bridgehead atoms.